The molecule has 6 nitrogen and oxygen atoms in total. The van der Waals surface area contributed by atoms with E-state index in [-0.39, 0.29) is 17.5 Å². The van der Waals surface area contributed by atoms with Crippen molar-refractivity contribution in [3.8, 4) is 0 Å². The molecule has 0 aliphatic carbocycles. The zero-order chi connectivity index (χ0) is 31.1. The van der Waals surface area contributed by atoms with Gasteiger partial charge < -0.3 is 9.30 Å². The molecule has 0 fully saturated rings. The number of hydrogen-bond donors (Lipinski definition) is 0. The number of allylic oxidation sites excluding steroid dienone is 1. The molecule has 0 bridgehead atoms. The molecule has 0 spiro atoms. The Bertz CT molecular complexity index is 2100. The number of esters is 1. The number of fused-ring (bicyclic) bond motifs is 2. The van der Waals surface area contributed by atoms with Crippen LogP contribution >= 0.6 is 23.1 Å². The molecule has 0 radical (unpaired) electrons. The molecule has 1 atom stereocenters. The maximum Gasteiger partial charge on any atom is 0.338 e. The van der Waals surface area contributed by atoms with Crippen molar-refractivity contribution in [3.05, 3.63) is 132 Å². The lowest BCUT2D eigenvalue weighted by Gasteiger charge is -2.25. The monoisotopic (exact) mass is 625 g/mol. The molecule has 6 rings (SSSR count). The highest BCUT2D eigenvalue weighted by molar-refractivity contribution is 7.98. The number of halogens is 1. The molecule has 0 unspecified atom stereocenters. The Labute approximate surface area is 262 Å². The molecule has 5 aromatic rings. The van der Waals surface area contributed by atoms with Gasteiger partial charge in [0, 0.05) is 33.6 Å². The summed E-state index contributed by atoms with van der Waals surface area (Å²) in [7, 11) is 0. The number of rotatable bonds is 7. The molecule has 0 saturated heterocycles. The number of nitrogens with zero attached hydrogens (tertiary/aromatic N) is 3. The highest BCUT2D eigenvalue weighted by Gasteiger charge is 2.34. The van der Waals surface area contributed by atoms with Crippen molar-refractivity contribution in [1.29, 1.82) is 0 Å². The molecule has 0 N–H and O–H groups in total. The summed E-state index contributed by atoms with van der Waals surface area (Å²) in [5.41, 5.74) is 5.42. The Morgan fingerprint density at radius 1 is 1.07 bits per heavy atom. The molecule has 3 aromatic carbocycles. The van der Waals surface area contributed by atoms with E-state index in [1.165, 1.54) is 23.5 Å². The zero-order valence-corrected chi connectivity index (χ0v) is 26.8. The average Bonchev–Trinajstić information content (AvgIpc) is 3.45. The van der Waals surface area contributed by atoms with E-state index >= 15 is 0 Å². The number of benzene rings is 3. The van der Waals surface area contributed by atoms with Crippen molar-refractivity contribution in [1.82, 2.24) is 9.13 Å². The Kier molecular flexibility index (Phi) is 8.18. The van der Waals surface area contributed by atoms with E-state index in [4.69, 9.17) is 9.73 Å². The Hall–Kier alpha value is -4.21. The first-order chi connectivity index (χ1) is 21.2. The quantitative estimate of drug-likeness (QED) is 0.156. The molecule has 0 amide bonds. The van der Waals surface area contributed by atoms with Gasteiger partial charge in [-0.25, -0.2) is 14.2 Å². The minimum atomic E-state index is -0.670. The van der Waals surface area contributed by atoms with Gasteiger partial charge in [-0.2, -0.15) is 0 Å². The second-order valence-corrected chi connectivity index (χ2v) is 12.9. The van der Waals surface area contributed by atoms with Gasteiger partial charge in [-0.05, 0) is 81.5 Å². The minimum absolute atomic E-state index is 0.218. The highest BCUT2D eigenvalue weighted by Crippen LogP contribution is 2.32. The van der Waals surface area contributed by atoms with Gasteiger partial charge in [-0.3, -0.25) is 9.36 Å². The van der Waals surface area contributed by atoms with Crippen molar-refractivity contribution >= 4 is 46.0 Å². The normalized spacial score (nSPS) is 15.2. The SMILES string of the molecule is CSc1ccc([C@@H]2C(C(=O)OC(C)C)=C(C)N=c3s/c(=C\c4c(C)n(Cc5ccc(F)cc5)c5ccccc45)c(=O)n32)cc1. The van der Waals surface area contributed by atoms with Crippen LogP contribution in [-0.4, -0.2) is 27.5 Å². The largest absolute Gasteiger partial charge is 0.459 e. The van der Waals surface area contributed by atoms with Crippen molar-refractivity contribution in [2.75, 3.05) is 6.26 Å². The van der Waals surface area contributed by atoms with Gasteiger partial charge in [0.05, 0.1) is 27.9 Å². The number of hydrogen-bond acceptors (Lipinski definition) is 6. The second-order valence-electron chi connectivity index (χ2n) is 11.0. The van der Waals surface area contributed by atoms with Crippen LogP contribution in [0, 0.1) is 12.7 Å². The van der Waals surface area contributed by atoms with Crippen LogP contribution in [0.15, 0.2) is 98.7 Å². The fourth-order valence-electron chi connectivity index (χ4n) is 5.71. The van der Waals surface area contributed by atoms with Crippen LogP contribution in [0.1, 0.15) is 49.2 Å². The predicted octanol–water partition coefficient (Wildman–Crippen LogP) is 6.36. The Balaban J connectivity index is 1.53. The van der Waals surface area contributed by atoms with E-state index in [1.807, 2.05) is 61.7 Å². The summed E-state index contributed by atoms with van der Waals surface area (Å²) < 4.78 is 23.5. The van der Waals surface area contributed by atoms with Crippen LogP contribution in [0.5, 0.6) is 0 Å². The molecule has 2 aromatic heterocycles. The molecule has 1 aliphatic rings. The van der Waals surface area contributed by atoms with Gasteiger partial charge in [0.2, 0.25) is 0 Å². The topological polar surface area (TPSA) is 65.6 Å². The van der Waals surface area contributed by atoms with Crippen LogP contribution < -0.4 is 14.9 Å². The van der Waals surface area contributed by atoms with Gasteiger partial charge in [0.25, 0.3) is 5.56 Å². The first kappa shape index (κ1) is 29.8. The minimum Gasteiger partial charge on any atom is -0.459 e. The van der Waals surface area contributed by atoms with E-state index in [9.17, 15) is 14.0 Å². The Morgan fingerprint density at radius 2 is 1.77 bits per heavy atom. The molecule has 9 heteroatoms. The van der Waals surface area contributed by atoms with Crippen LogP contribution in [0.4, 0.5) is 4.39 Å². The summed E-state index contributed by atoms with van der Waals surface area (Å²) in [6, 6.07) is 21.8. The van der Waals surface area contributed by atoms with Crippen molar-refractivity contribution in [3.63, 3.8) is 0 Å². The predicted molar refractivity (Wildman–Crippen MR) is 175 cm³/mol. The molecule has 44 heavy (non-hydrogen) atoms. The lowest BCUT2D eigenvalue weighted by molar-refractivity contribution is -0.143. The summed E-state index contributed by atoms with van der Waals surface area (Å²) in [6.45, 7) is 8.01. The fourth-order valence-corrected chi connectivity index (χ4v) is 7.15. The molecule has 224 valence electrons. The third-order valence-electron chi connectivity index (χ3n) is 7.82. The third kappa shape index (κ3) is 5.46. The van der Waals surface area contributed by atoms with Gasteiger partial charge in [0.15, 0.2) is 4.80 Å². The number of ether oxygens (including phenoxy) is 1. The van der Waals surface area contributed by atoms with Gasteiger partial charge in [-0.15, -0.1) is 11.8 Å². The summed E-state index contributed by atoms with van der Waals surface area (Å²) in [6.07, 6.45) is 3.62. The summed E-state index contributed by atoms with van der Waals surface area (Å²) in [5, 5.41) is 1.01. The fraction of sp³-hybridized carbons (Fsp3) is 0.229. The number of thioether (sulfide) groups is 1. The molecular formula is C35H32FN3O3S2. The van der Waals surface area contributed by atoms with Crippen LogP contribution in [0.3, 0.4) is 0 Å². The van der Waals surface area contributed by atoms with E-state index in [0.717, 1.165) is 38.2 Å². The molecule has 0 saturated carbocycles. The number of carbonyl (C=O) groups is 1. The number of aromatic nitrogens is 2. The first-order valence-corrected chi connectivity index (χ1v) is 16.4. The molecular weight excluding hydrogens is 594 g/mol. The van der Waals surface area contributed by atoms with Crippen molar-refractivity contribution in [2.45, 2.75) is 51.3 Å². The standard InChI is InChI=1S/C35H32FN3O3S2/c1-20(2)42-34(41)31-21(3)37-35-39(32(31)24-12-16-26(43-5)17-13-24)33(40)30(44-35)18-28-22(4)38(29-9-7-6-8-27(28)29)19-23-10-14-25(36)15-11-23/h6-18,20,32H,19H2,1-5H3/b30-18-/t32-/m1/s1. The maximum absolute atomic E-state index is 14.3. The third-order valence-corrected chi connectivity index (χ3v) is 9.55. The number of carbonyl (C=O) groups excluding carboxylic acids is 1. The smallest absolute Gasteiger partial charge is 0.338 e. The Morgan fingerprint density at radius 3 is 2.45 bits per heavy atom. The van der Waals surface area contributed by atoms with Crippen LogP contribution in [0.25, 0.3) is 17.0 Å². The highest BCUT2D eigenvalue weighted by atomic mass is 32.2. The lowest BCUT2D eigenvalue weighted by atomic mass is 9.96. The van der Waals surface area contributed by atoms with Crippen LogP contribution in [0.2, 0.25) is 0 Å². The van der Waals surface area contributed by atoms with Crippen LogP contribution in [-0.2, 0) is 16.1 Å². The summed E-state index contributed by atoms with van der Waals surface area (Å²) >= 11 is 2.94. The summed E-state index contributed by atoms with van der Waals surface area (Å²) in [4.78, 5) is 34.0. The number of para-hydroxylation sites is 1. The van der Waals surface area contributed by atoms with Crippen molar-refractivity contribution < 1.29 is 13.9 Å². The molecule has 3 heterocycles. The van der Waals surface area contributed by atoms with Crippen molar-refractivity contribution in [2.24, 2.45) is 4.99 Å². The van der Waals surface area contributed by atoms with Gasteiger partial charge >= 0.3 is 5.97 Å². The van der Waals surface area contributed by atoms with E-state index in [0.29, 0.717) is 27.1 Å². The van der Waals surface area contributed by atoms with E-state index < -0.39 is 12.0 Å². The van der Waals surface area contributed by atoms with Gasteiger partial charge in [-0.1, -0.05) is 53.8 Å². The lowest BCUT2D eigenvalue weighted by Crippen LogP contribution is -2.40. The summed E-state index contributed by atoms with van der Waals surface area (Å²) in [5.74, 6) is -0.748. The first-order valence-electron chi connectivity index (χ1n) is 14.4. The second kappa shape index (κ2) is 12.1. The average molecular weight is 626 g/mol. The van der Waals surface area contributed by atoms with Gasteiger partial charge in [0.1, 0.15) is 5.82 Å². The molecule has 1 aliphatic heterocycles. The number of thiazole rings is 1. The van der Waals surface area contributed by atoms with E-state index in [1.54, 1.807) is 49.2 Å². The maximum atomic E-state index is 14.3. The van der Waals surface area contributed by atoms with E-state index in [2.05, 4.69) is 10.6 Å². The zero-order valence-electron chi connectivity index (χ0n) is 25.1.